The largest absolute Gasteiger partial charge is 0.490 e. The zero-order valence-corrected chi connectivity index (χ0v) is 11.7. The van der Waals surface area contributed by atoms with Crippen molar-refractivity contribution in [3.63, 3.8) is 0 Å². The van der Waals surface area contributed by atoms with E-state index in [4.69, 9.17) is 16.3 Å². The lowest BCUT2D eigenvalue weighted by atomic mass is 10.2. The molecule has 0 atom stereocenters. The molecule has 110 valence electrons. The zero-order chi connectivity index (χ0) is 15.2. The Labute approximate surface area is 125 Å². The van der Waals surface area contributed by atoms with Crippen molar-refractivity contribution in [2.24, 2.45) is 0 Å². The number of rotatable bonds is 5. The van der Waals surface area contributed by atoms with Crippen molar-refractivity contribution in [2.75, 3.05) is 13.2 Å². The highest BCUT2D eigenvalue weighted by Crippen LogP contribution is 2.22. The SMILES string of the molecule is O=C(NCCOc1ccccc1Cl)c1ccc(F)c(F)c1. The fourth-order valence-electron chi connectivity index (χ4n) is 1.63. The first-order valence-electron chi connectivity index (χ1n) is 6.18. The Hall–Kier alpha value is -2.14. The van der Waals surface area contributed by atoms with E-state index in [2.05, 4.69) is 5.32 Å². The molecule has 0 spiro atoms. The predicted molar refractivity (Wildman–Crippen MR) is 75.6 cm³/mol. The topological polar surface area (TPSA) is 38.3 Å². The number of amides is 1. The van der Waals surface area contributed by atoms with Gasteiger partial charge in [0.2, 0.25) is 0 Å². The lowest BCUT2D eigenvalue weighted by molar-refractivity contribution is 0.0946. The minimum Gasteiger partial charge on any atom is -0.490 e. The number of benzene rings is 2. The Kier molecular flexibility index (Phi) is 5.11. The standard InChI is InChI=1S/C15H12ClF2NO2/c16-11-3-1-2-4-14(11)21-8-7-19-15(20)10-5-6-12(17)13(18)9-10/h1-6,9H,7-8H2,(H,19,20). The molecule has 21 heavy (non-hydrogen) atoms. The van der Waals surface area contributed by atoms with E-state index >= 15 is 0 Å². The Balaban J connectivity index is 1.82. The first-order valence-corrected chi connectivity index (χ1v) is 6.56. The summed E-state index contributed by atoms with van der Waals surface area (Å²) in [6.07, 6.45) is 0. The van der Waals surface area contributed by atoms with Gasteiger partial charge < -0.3 is 10.1 Å². The van der Waals surface area contributed by atoms with Crippen LogP contribution in [0.5, 0.6) is 5.75 Å². The molecule has 0 saturated carbocycles. The van der Waals surface area contributed by atoms with E-state index in [0.29, 0.717) is 10.8 Å². The summed E-state index contributed by atoms with van der Waals surface area (Å²) < 4.78 is 31.1. The van der Waals surface area contributed by atoms with Crippen LogP contribution in [0.3, 0.4) is 0 Å². The van der Waals surface area contributed by atoms with E-state index in [-0.39, 0.29) is 18.7 Å². The van der Waals surface area contributed by atoms with Gasteiger partial charge in [-0.3, -0.25) is 4.79 Å². The van der Waals surface area contributed by atoms with E-state index in [1.165, 1.54) is 6.07 Å². The third-order valence-electron chi connectivity index (χ3n) is 2.66. The minimum absolute atomic E-state index is 0.0478. The van der Waals surface area contributed by atoms with Crippen molar-refractivity contribution in [1.29, 1.82) is 0 Å². The molecule has 0 radical (unpaired) electrons. The molecule has 2 aromatic rings. The molecule has 6 heteroatoms. The summed E-state index contributed by atoms with van der Waals surface area (Å²) in [5, 5.41) is 3.02. The molecule has 2 rings (SSSR count). The monoisotopic (exact) mass is 311 g/mol. The van der Waals surface area contributed by atoms with Crippen molar-refractivity contribution in [1.82, 2.24) is 5.32 Å². The number of para-hydroxylation sites is 1. The molecule has 3 nitrogen and oxygen atoms in total. The summed E-state index contributed by atoms with van der Waals surface area (Å²) in [7, 11) is 0. The smallest absolute Gasteiger partial charge is 0.251 e. The normalized spacial score (nSPS) is 10.2. The number of carbonyl (C=O) groups excluding carboxylic acids is 1. The number of halogens is 3. The van der Waals surface area contributed by atoms with Crippen LogP contribution in [0.15, 0.2) is 42.5 Å². The minimum atomic E-state index is -1.06. The maximum atomic E-state index is 13.0. The van der Waals surface area contributed by atoms with Gasteiger partial charge in [0.05, 0.1) is 11.6 Å². The second-order valence-electron chi connectivity index (χ2n) is 4.16. The number of ether oxygens (including phenoxy) is 1. The van der Waals surface area contributed by atoms with Crippen LogP contribution >= 0.6 is 11.6 Å². The van der Waals surface area contributed by atoms with Gasteiger partial charge in [-0.05, 0) is 30.3 Å². The molecular weight excluding hydrogens is 300 g/mol. The van der Waals surface area contributed by atoms with E-state index < -0.39 is 17.5 Å². The number of carbonyl (C=O) groups is 1. The van der Waals surface area contributed by atoms with Gasteiger partial charge in [-0.25, -0.2) is 8.78 Å². The van der Waals surface area contributed by atoms with Crippen LogP contribution in [0.1, 0.15) is 10.4 Å². The first-order chi connectivity index (χ1) is 10.1. The highest BCUT2D eigenvalue weighted by Gasteiger charge is 2.09. The van der Waals surface area contributed by atoms with E-state index in [1.54, 1.807) is 24.3 Å². The average molecular weight is 312 g/mol. The van der Waals surface area contributed by atoms with E-state index in [9.17, 15) is 13.6 Å². The third-order valence-corrected chi connectivity index (χ3v) is 2.98. The summed E-state index contributed by atoms with van der Waals surface area (Å²) in [5.74, 6) is -2.04. The summed E-state index contributed by atoms with van der Waals surface area (Å²) >= 11 is 5.90. The molecule has 0 aliphatic heterocycles. The van der Waals surface area contributed by atoms with Crippen LogP contribution in [-0.2, 0) is 0 Å². The van der Waals surface area contributed by atoms with Crippen LogP contribution in [0.4, 0.5) is 8.78 Å². The van der Waals surface area contributed by atoms with Gasteiger partial charge in [0.15, 0.2) is 11.6 Å². The van der Waals surface area contributed by atoms with Crippen molar-refractivity contribution in [3.05, 3.63) is 64.7 Å². The second kappa shape index (κ2) is 7.04. The maximum Gasteiger partial charge on any atom is 0.251 e. The Morgan fingerprint density at radius 1 is 1.14 bits per heavy atom. The van der Waals surface area contributed by atoms with E-state index in [1.807, 2.05) is 0 Å². The average Bonchev–Trinajstić information content (AvgIpc) is 2.48. The van der Waals surface area contributed by atoms with Crippen LogP contribution in [0.2, 0.25) is 5.02 Å². The molecule has 0 unspecified atom stereocenters. The molecule has 0 aromatic heterocycles. The van der Waals surface area contributed by atoms with Crippen LogP contribution in [-0.4, -0.2) is 19.1 Å². The van der Waals surface area contributed by atoms with Crippen molar-refractivity contribution >= 4 is 17.5 Å². The Morgan fingerprint density at radius 2 is 1.90 bits per heavy atom. The quantitative estimate of drug-likeness (QED) is 0.859. The molecule has 1 amide bonds. The van der Waals surface area contributed by atoms with Crippen molar-refractivity contribution in [3.8, 4) is 5.75 Å². The highest BCUT2D eigenvalue weighted by atomic mass is 35.5. The van der Waals surface area contributed by atoms with Gasteiger partial charge in [0.25, 0.3) is 5.91 Å². The van der Waals surface area contributed by atoms with Gasteiger partial charge >= 0.3 is 0 Å². The van der Waals surface area contributed by atoms with Crippen LogP contribution in [0.25, 0.3) is 0 Å². The molecular formula is C15H12ClF2NO2. The molecule has 0 fully saturated rings. The van der Waals surface area contributed by atoms with Crippen molar-refractivity contribution in [2.45, 2.75) is 0 Å². The van der Waals surface area contributed by atoms with Crippen LogP contribution in [0, 0.1) is 11.6 Å². The molecule has 2 aromatic carbocycles. The summed E-state index contributed by atoms with van der Waals surface area (Å²) in [6.45, 7) is 0.419. The zero-order valence-electron chi connectivity index (χ0n) is 10.9. The van der Waals surface area contributed by atoms with Gasteiger partial charge in [-0.1, -0.05) is 23.7 Å². The summed E-state index contributed by atoms with van der Waals surface area (Å²) in [6, 6.07) is 9.92. The maximum absolute atomic E-state index is 13.0. The fourth-order valence-corrected chi connectivity index (χ4v) is 1.82. The fraction of sp³-hybridized carbons (Fsp3) is 0.133. The highest BCUT2D eigenvalue weighted by molar-refractivity contribution is 6.32. The third kappa shape index (κ3) is 4.16. The molecule has 0 heterocycles. The molecule has 0 aliphatic carbocycles. The summed E-state index contributed by atoms with van der Waals surface area (Å²) in [5.41, 5.74) is 0.0478. The molecule has 0 aliphatic rings. The Bertz CT molecular complexity index is 649. The number of hydrogen-bond acceptors (Lipinski definition) is 2. The predicted octanol–water partition coefficient (Wildman–Crippen LogP) is 3.43. The number of nitrogens with one attached hydrogen (secondary N) is 1. The lowest BCUT2D eigenvalue weighted by Gasteiger charge is -2.09. The molecule has 1 N–H and O–H groups in total. The summed E-state index contributed by atoms with van der Waals surface area (Å²) in [4.78, 5) is 11.7. The van der Waals surface area contributed by atoms with Gasteiger partial charge in [-0.15, -0.1) is 0 Å². The van der Waals surface area contributed by atoms with Crippen molar-refractivity contribution < 1.29 is 18.3 Å². The number of hydrogen-bond donors (Lipinski definition) is 1. The van der Waals surface area contributed by atoms with Crippen LogP contribution < -0.4 is 10.1 Å². The Morgan fingerprint density at radius 3 is 2.62 bits per heavy atom. The van der Waals surface area contributed by atoms with Gasteiger partial charge in [-0.2, -0.15) is 0 Å². The van der Waals surface area contributed by atoms with E-state index in [0.717, 1.165) is 12.1 Å². The molecule has 0 saturated heterocycles. The molecule has 0 bridgehead atoms. The second-order valence-corrected chi connectivity index (χ2v) is 4.57. The first kappa shape index (κ1) is 15.3. The van der Waals surface area contributed by atoms with Gasteiger partial charge in [0.1, 0.15) is 12.4 Å². The van der Waals surface area contributed by atoms with Gasteiger partial charge in [0, 0.05) is 5.56 Å². The lowest BCUT2D eigenvalue weighted by Crippen LogP contribution is -2.28.